The molecule has 4 rings (SSSR count). The summed E-state index contributed by atoms with van der Waals surface area (Å²) in [6, 6.07) is 15.1. The van der Waals surface area contributed by atoms with Crippen LogP contribution in [0.1, 0.15) is 21.5 Å². The Morgan fingerprint density at radius 3 is 2.39 bits per heavy atom. The molecule has 140 valence electrons. The molecule has 7 heteroatoms. The number of amides is 1. The van der Waals surface area contributed by atoms with Gasteiger partial charge >= 0.3 is 5.69 Å². The number of hydrogen-bond donors (Lipinski definition) is 2. The van der Waals surface area contributed by atoms with Crippen molar-refractivity contribution in [3.05, 3.63) is 76.2 Å². The monoisotopic (exact) mass is 377 g/mol. The van der Waals surface area contributed by atoms with Gasteiger partial charge in [-0.2, -0.15) is 0 Å². The standard InChI is InChI=1S/C21H16N2O5/c1-12-3-6-15(7-4-12)27-18-10-14(23(25)26)11-19-20(18)21(24)22-16-8-5-13(2)9-17(16)28-19/h3-11H,1-2H3,(H-,22,24,25,26)/p+1. The van der Waals surface area contributed by atoms with Crippen LogP contribution < -0.4 is 14.8 Å². The number of ether oxygens (including phenoxy) is 2. The van der Waals surface area contributed by atoms with E-state index < -0.39 is 5.91 Å². The van der Waals surface area contributed by atoms with E-state index in [1.165, 1.54) is 12.1 Å². The molecule has 0 aromatic heterocycles. The van der Waals surface area contributed by atoms with E-state index in [0.717, 1.165) is 11.1 Å². The zero-order valence-electron chi connectivity index (χ0n) is 15.2. The topological polar surface area (TPSA) is 87.9 Å². The number of hydrogen-bond acceptors (Lipinski definition) is 4. The summed E-state index contributed by atoms with van der Waals surface area (Å²) in [7, 11) is 0. The van der Waals surface area contributed by atoms with Crippen molar-refractivity contribution in [1.29, 1.82) is 0 Å². The maximum absolute atomic E-state index is 12.9. The first kappa shape index (κ1) is 17.5. The Labute approximate surface area is 160 Å². The fourth-order valence-corrected chi connectivity index (χ4v) is 2.93. The van der Waals surface area contributed by atoms with Gasteiger partial charge < -0.3 is 14.8 Å². The second-order valence-corrected chi connectivity index (χ2v) is 6.56. The largest absolute Gasteiger partial charge is 0.456 e. The van der Waals surface area contributed by atoms with Crippen LogP contribution in [0.15, 0.2) is 54.6 Å². The number of benzene rings is 3. The number of fused-ring (bicyclic) bond motifs is 2. The first-order chi connectivity index (χ1) is 13.4. The fourth-order valence-electron chi connectivity index (χ4n) is 2.93. The second-order valence-electron chi connectivity index (χ2n) is 6.56. The third-order valence-corrected chi connectivity index (χ3v) is 4.35. The van der Waals surface area contributed by atoms with Crippen molar-refractivity contribution in [2.75, 3.05) is 5.32 Å². The summed E-state index contributed by atoms with van der Waals surface area (Å²) in [4.78, 5) is 24.1. The SMILES string of the molecule is Cc1ccc(Oc2cc([N+](=O)O)cc3c2C(=O)Nc2ccc(C)cc2O3)cc1. The highest BCUT2D eigenvalue weighted by Crippen LogP contribution is 2.43. The Morgan fingerprint density at radius 1 is 0.964 bits per heavy atom. The third kappa shape index (κ3) is 3.25. The third-order valence-electron chi connectivity index (χ3n) is 4.35. The average Bonchev–Trinajstić information content (AvgIpc) is 2.79. The van der Waals surface area contributed by atoms with E-state index >= 15 is 0 Å². The number of anilines is 1. The molecular weight excluding hydrogens is 360 g/mol. The van der Waals surface area contributed by atoms with Gasteiger partial charge in [0.05, 0.1) is 22.7 Å². The number of nitrogens with zero attached hydrogens (tertiary/aromatic N) is 1. The van der Waals surface area contributed by atoms with E-state index in [1.807, 2.05) is 32.0 Å². The second kappa shape index (κ2) is 6.70. The zero-order valence-corrected chi connectivity index (χ0v) is 15.2. The first-order valence-corrected chi connectivity index (χ1v) is 8.59. The number of rotatable bonds is 3. The Hall–Kier alpha value is -3.87. The highest BCUT2D eigenvalue weighted by atomic mass is 16.6. The van der Waals surface area contributed by atoms with Crippen LogP contribution in [0.25, 0.3) is 0 Å². The van der Waals surface area contributed by atoms with Gasteiger partial charge in [0.2, 0.25) is 0 Å². The Balaban J connectivity index is 1.86. The van der Waals surface area contributed by atoms with Crippen LogP contribution in [0, 0.1) is 18.8 Å². The van der Waals surface area contributed by atoms with E-state index in [9.17, 15) is 14.9 Å². The molecule has 0 saturated heterocycles. The smallest absolute Gasteiger partial charge is 0.324 e. The molecule has 0 fully saturated rings. The molecular formula is C21H17N2O5+. The maximum atomic E-state index is 12.9. The maximum Gasteiger partial charge on any atom is 0.324 e. The van der Waals surface area contributed by atoms with E-state index in [4.69, 9.17) is 9.47 Å². The lowest BCUT2D eigenvalue weighted by molar-refractivity contribution is -0.729. The van der Waals surface area contributed by atoms with Crippen molar-refractivity contribution in [2.24, 2.45) is 0 Å². The molecule has 0 saturated carbocycles. The lowest BCUT2D eigenvalue weighted by Crippen LogP contribution is -2.12. The Kier molecular flexibility index (Phi) is 4.19. The van der Waals surface area contributed by atoms with Crippen LogP contribution in [-0.2, 0) is 0 Å². The van der Waals surface area contributed by atoms with Crippen molar-refractivity contribution in [1.82, 2.24) is 0 Å². The minimum absolute atomic E-state index is 0.0910. The van der Waals surface area contributed by atoms with Gasteiger partial charge in [0.1, 0.15) is 11.3 Å². The predicted molar refractivity (Wildman–Crippen MR) is 102 cm³/mol. The number of carbonyl (C=O) groups excluding carboxylic acids is 1. The van der Waals surface area contributed by atoms with E-state index in [1.54, 1.807) is 24.3 Å². The molecule has 7 nitrogen and oxygen atoms in total. The lowest BCUT2D eigenvalue weighted by Gasteiger charge is -2.12. The van der Waals surface area contributed by atoms with E-state index in [-0.39, 0.29) is 27.7 Å². The summed E-state index contributed by atoms with van der Waals surface area (Å²) in [6.45, 7) is 3.84. The molecule has 1 aliphatic rings. The zero-order chi connectivity index (χ0) is 19.8. The highest BCUT2D eigenvalue weighted by molar-refractivity contribution is 6.10. The summed E-state index contributed by atoms with van der Waals surface area (Å²) < 4.78 is 11.8. The normalized spacial score (nSPS) is 12.1. The molecule has 1 heterocycles. The van der Waals surface area contributed by atoms with Crippen molar-refractivity contribution in [2.45, 2.75) is 13.8 Å². The van der Waals surface area contributed by atoms with E-state index in [2.05, 4.69) is 5.32 Å². The summed E-state index contributed by atoms with van der Waals surface area (Å²) >= 11 is 0. The fraction of sp³-hybridized carbons (Fsp3) is 0.0952. The molecule has 3 aromatic carbocycles. The van der Waals surface area contributed by atoms with Crippen molar-refractivity contribution >= 4 is 17.3 Å². The summed E-state index contributed by atoms with van der Waals surface area (Å²) in [6.07, 6.45) is 0. The van der Waals surface area contributed by atoms with Crippen LogP contribution in [0.2, 0.25) is 0 Å². The van der Waals surface area contributed by atoms with Crippen LogP contribution in [-0.4, -0.2) is 16.0 Å². The van der Waals surface area contributed by atoms with Gasteiger partial charge in [-0.15, -0.1) is 0 Å². The van der Waals surface area contributed by atoms with Gasteiger partial charge in [-0.3, -0.25) is 4.79 Å². The van der Waals surface area contributed by atoms with Crippen molar-refractivity contribution in [3.8, 4) is 23.0 Å². The average molecular weight is 377 g/mol. The minimum atomic E-state index is -0.443. The van der Waals surface area contributed by atoms with Crippen LogP contribution in [0.3, 0.4) is 0 Å². The van der Waals surface area contributed by atoms with Crippen LogP contribution in [0.4, 0.5) is 11.4 Å². The van der Waals surface area contributed by atoms with Gasteiger partial charge in [-0.05, 0) is 43.7 Å². The minimum Gasteiger partial charge on any atom is -0.456 e. The predicted octanol–water partition coefficient (Wildman–Crippen LogP) is 5.25. The molecule has 0 atom stereocenters. The molecule has 0 radical (unpaired) electrons. The van der Waals surface area contributed by atoms with Gasteiger partial charge in [0.15, 0.2) is 17.2 Å². The van der Waals surface area contributed by atoms with Crippen LogP contribution >= 0.6 is 0 Å². The molecule has 0 bridgehead atoms. The highest BCUT2D eigenvalue weighted by Gasteiger charge is 2.30. The van der Waals surface area contributed by atoms with E-state index in [0.29, 0.717) is 17.2 Å². The van der Waals surface area contributed by atoms with Gasteiger partial charge in [-0.25, -0.2) is 5.21 Å². The molecule has 0 unspecified atom stereocenters. The Morgan fingerprint density at radius 2 is 1.68 bits per heavy atom. The summed E-state index contributed by atoms with van der Waals surface area (Å²) in [5.74, 6) is 0.665. The van der Waals surface area contributed by atoms with Crippen LogP contribution in [0.5, 0.6) is 23.0 Å². The summed E-state index contributed by atoms with van der Waals surface area (Å²) in [5.41, 5.74) is 2.49. The van der Waals surface area contributed by atoms with Crippen molar-refractivity contribution < 1.29 is 24.4 Å². The summed E-state index contributed by atoms with van der Waals surface area (Å²) in [5, 5.41) is 12.2. The quantitative estimate of drug-likeness (QED) is 0.609. The molecule has 0 spiro atoms. The first-order valence-electron chi connectivity index (χ1n) is 8.59. The number of aryl methyl sites for hydroxylation is 2. The molecule has 2 N–H and O–H groups in total. The number of carbonyl (C=O) groups is 1. The molecule has 1 amide bonds. The van der Waals surface area contributed by atoms with Gasteiger partial charge in [-0.1, -0.05) is 23.8 Å². The Bertz CT molecular complexity index is 1110. The molecule has 28 heavy (non-hydrogen) atoms. The molecule has 1 aliphatic heterocycles. The van der Waals surface area contributed by atoms with Gasteiger partial charge in [0, 0.05) is 0 Å². The lowest BCUT2D eigenvalue weighted by atomic mass is 10.1. The molecule has 3 aromatic rings. The number of nitrogens with one attached hydrogen (secondary N) is 1. The van der Waals surface area contributed by atoms with Crippen molar-refractivity contribution in [3.63, 3.8) is 0 Å². The molecule has 0 aliphatic carbocycles. The van der Waals surface area contributed by atoms with Gasteiger partial charge in [0.25, 0.3) is 10.8 Å².